The van der Waals surface area contributed by atoms with Gasteiger partial charge in [0.2, 0.25) is 0 Å². The Balaban J connectivity index is 1.73. The van der Waals surface area contributed by atoms with Crippen molar-refractivity contribution < 1.29 is 0 Å². The fourth-order valence-corrected chi connectivity index (χ4v) is 1.95. The van der Waals surface area contributed by atoms with Crippen LogP contribution in [0.5, 0.6) is 0 Å². The van der Waals surface area contributed by atoms with E-state index in [0.717, 1.165) is 5.92 Å². The Morgan fingerprint density at radius 2 is 1.92 bits per heavy atom. The van der Waals surface area contributed by atoms with Crippen LogP contribution >= 0.6 is 0 Å². The summed E-state index contributed by atoms with van der Waals surface area (Å²) in [6.45, 7) is 6.58. The third kappa shape index (κ3) is 2.46. The summed E-state index contributed by atoms with van der Waals surface area (Å²) in [5, 5.41) is 0. The average Bonchev–Trinajstić information content (AvgIpc) is 2.83. The molecule has 1 heterocycles. The zero-order valence-corrected chi connectivity index (χ0v) is 8.13. The molecule has 2 aliphatic rings. The Bertz CT molecular complexity index is 143. The highest BCUT2D eigenvalue weighted by Gasteiger charge is 2.24. The number of rotatable bonds is 2. The molecule has 1 saturated carbocycles. The first-order chi connectivity index (χ1) is 5.84. The molecule has 0 amide bonds. The molecule has 2 nitrogen and oxygen atoms in total. The summed E-state index contributed by atoms with van der Waals surface area (Å²) in [6, 6.07) is 0. The summed E-state index contributed by atoms with van der Waals surface area (Å²) < 4.78 is 0. The SMILES string of the molecule is CN1CCCN(CC2CC2)CC1. The van der Waals surface area contributed by atoms with Crippen molar-refractivity contribution in [2.24, 2.45) is 5.92 Å². The third-order valence-electron chi connectivity index (χ3n) is 3.03. The van der Waals surface area contributed by atoms with Gasteiger partial charge in [-0.3, -0.25) is 0 Å². The Hall–Kier alpha value is -0.0800. The summed E-state index contributed by atoms with van der Waals surface area (Å²) in [6.07, 6.45) is 4.35. The Morgan fingerprint density at radius 1 is 1.08 bits per heavy atom. The Kier molecular flexibility index (Phi) is 2.66. The van der Waals surface area contributed by atoms with Crippen molar-refractivity contribution in [2.75, 3.05) is 39.8 Å². The van der Waals surface area contributed by atoms with Gasteiger partial charge < -0.3 is 9.80 Å². The lowest BCUT2D eigenvalue weighted by molar-refractivity contribution is 0.267. The molecule has 2 heteroatoms. The van der Waals surface area contributed by atoms with E-state index >= 15 is 0 Å². The standard InChI is InChI=1S/C10H20N2/c1-11-5-2-6-12(8-7-11)9-10-3-4-10/h10H,2-9H2,1H3. The molecular formula is C10H20N2. The van der Waals surface area contributed by atoms with E-state index in [2.05, 4.69) is 16.8 Å². The van der Waals surface area contributed by atoms with Crippen LogP contribution in [0, 0.1) is 5.92 Å². The molecule has 0 aromatic carbocycles. The van der Waals surface area contributed by atoms with Crippen LogP contribution in [-0.2, 0) is 0 Å². The molecule has 0 bridgehead atoms. The van der Waals surface area contributed by atoms with Crippen LogP contribution in [0.15, 0.2) is 0 Å². The first kappa shape index (κ1) is 8.52. The van der Waals surface area contributed by atoms with E-state index in [1.807, 2.05) is 0 Å². The first-order valence-corrected chi connectivity index (χ1v) is 5.25. The van der Waals surface area contributed by atoms with Gasteiger partial charge in [-0.05, 0) is 45.3 Å². The molecule has 1 aliphatic carbocycles. The fourth-order valence-electron chi connectivity index (χ4n) is 1.95. The van der Waals surface area contributed by atoms with Crippen molar-refractivity contribution in [3.8, 4) is 0 Å². The molecule has 70 valence electrons. The minimum absolute atomic E-state index is 1.06. The van der Waals surface area contributed by atoms with Gasteiger partial charge >= 0.3 is 0 Å². The molecule has 0 aromatic rings. The van der Waals surface area contributed by atoms with E-state index in [1.54, 1.807) is 0 Å². The van der Waals surface area contributed by atoms with E-state index < -0.39 is 0 Å². The van der Waals surface area contributed by atoms with Crippen molar-refractivity contribution >= 4 is 0 Å². The molecule has 2 fully saturated rings. The zero-order valence-electron chi connectivity index (χ0n) is 8.13. The van der Waals surface area contributed by atoms with Crippen molar-refractivity contribution in [3.05, 3.63) is 0 Å². The highest BCUT2D eigenvalue weighted by atomic mass is 15.2. The lowest BCUT2D eigenvalue weighted by atomic mass is 10.3. The molecule has 1 aliphatic heterocycles. The average molecular weight is 168 g/mol. The van der Waals surface area contributed by atoms with Crippen LogP contribution in [-0.4, -0.2) is 49.6 Å². The van der Waals surface area contributed by atoms with Gasteiger partial charge in [0.05, 0.1) is 0 Å². The molecule has 12 heavy (non-hydrogen) atoms. The summed E-state index contributed by atoms with van der Waals surface area (Å²) in [7, 11) is 2.24. The number of nitrogens with zero attached hydrogens (tertiary/aromatic N) is 2. The molecule has 1 saturated heterocycles. The number of hydrogen-bond donors (Lipinski definition) is 0. The van der Waals surface area contributed by atoms with Crippen LogP contribution < -0.4 is 0 Å². The van der Waals surface area contributed by atoms with Crippen molar-refractivity contribution in [1.82, 2.24) is 9.80 Å². The van der Waals surface area contributed by atoms with Crippen molar-refractivity contribution in [3.63, 3.8) is 0 Å². The van der Waals surface area contributed by atoms with E-state index in [-0.39, 0.29) is 0 Å². The predicted molar refractivity (Wildman–Crippen MR) is 51.3 cm³/mol. The topological polar surface area (TPSA) is 6.48 Å². The summed E-state index contributed by atoms with van der Waals surface area (Å²) in [4.78, 5) is 5.11. The van der Waals surface area contributed by atoms with Crippen LogP contribution in [0.25, 0.3) is 0 Å². The zero-order chi connectivity index (χ0) is 8.39. The normalized spacial score (nSPS) is 28.8. The van der Waals surface area contributed by atoms with E-state index in [0.29, 0.717) is 0 Å². The van der Waals surface area contributed by atoms with Crippen molar-refractivity contribution in [2.45, 2.75) is 19.3 Å². The van der Waals surface area contributed by atoms with Gasteiger partial charge in [0.15, 0.2) is 0 Å². The maximum Gasteiger partial charge on any atom is 0.0109 e. The summed E-state index contributed by atoms with van der Waals surface area (Å²) in [5.74, 6) is 1.06. The second-order valence-electron chi connectivity index (χ2n) is 4.40. The third-order valence-corrected chi connectivity index (χ3v) is 3.03. The number of hydrogen-bond acceptors (Lipinski definition) is 2. The first-order valence-electron chi connectivity index (χ1n) is 5.25. The number of likely N-dealkylation sites (N-methyl/N-ethyl adjacent to an activating group) is 1. The summed E-state index contributed by atoms with van der Waals surface area (Å²) >= 11 is 0. The quantitative estimate of drug-likeness (QED) is 0.608. The van der Waals surface area contributed by atoms with Crippen LogP contribution in [0.2, 0.25) is 0 Å². The minimum Gasteiger partial charge on any atom is -0.305 e. The van der Waals surface area contributed by atoms with E-state index in [9.17, 15) is 0 Å². The van der Waals surface area contributed by atoms with Gasteiger partial charge in [-0.2, -0.15) is 0 Å². The smallest absolute Gasteiger partial charge is 0.0109 e. The van der Waals surface area contributed by atoms with E-state index in [4.69, 9.17) is 0 Å². The lowest BCUT2D eigenvalue weighted by Crippen LogP contribution is -2.30. The molecule has 0 aromatic heterocycles. The van der Waals surface area contributed by atoms with Gasteiger partial charge in [-0.25, -0.2) is 0 Å². The maximum absolute atomic E-state index is 2.65. The fraction of sp³-hybridized carbons (Fsp3) is 1.00. The van der Waals surface area contributed by atoms with Crippen LogP contribution in [0.1, 0.15) is 19.3 Å². The summed E-state index contributed by atoms with van der Waals surface area (Å²) in [5.41, 5.74) is 0. The largest absolute Gasteiger partial charge is 0.305 e. The second kappa shape index (κ2) is 3.75. The minimum atomic E-state index is 1.06. The maximum atomic E-state index is 2.65. The molecule has 0 unspecified atom stereocenters. The highest BCUT2D eigenvalue weighted by Crippen LogP contribution is 2.29. The Labute approximate surface area is 75.5 Å². The van der Waals surface area contributed by atoms with Crippen LogP contribution in [0.4, 0.5) is 0 Å². The molecule has 0 spiro atoms. The van der Waals surface area contributed by atoms with Gasteiger partial charge in [0.1, 0.15) is 0 Å². The van der Waals surface area contributed by atoms with E-state index in [1.165, 1.54) is 52.0 Å². The molecule has 0 N–H and O–H groups in total. The molecule has 0 radical (unpaired) electrons. The molecule has 2 rings (SSSR count). The predicted octanol–water partition coefficient (Wildman–Crippen LogP) is 1.03. The molecular weight excluding hydrogens is 148 g/mol. The highest BCUT2D eigenvalue weighted by molar-refractivity contribution is 4.78. The van der Waals surface area contributed by atoms with Crippen LogP contribution in [0.3, 0.4) is 0 Å². The van der Waals surface area contributed by atoms with Gasteiger partial charge in [0.25, 0.3) is 0 Å². The molecule has 0 atom stereocenters. The lowest BCUT2D eigenvalue weighted by Gasteiger charge is -2.19. The second-order valence-corrected chi connectivity index (χ2v) is 4.40. The monoisotopic (exact) mass is 168 g/mol. The van der Waals surface area contributed by atoms with Gasteiger partial charge in [-0.1, -0.05) is 0 Å². The van der Waals surface area contributed by atoms with Gasteiger partial charge in [0, 0.05) is 19.6 Å². The van der Waals surface area contributed by atoms with Crippen molar-refractivity contribution in [1.29, 1.82) is 0 Å². The Morgan fingerprint density at radius 3 is 2.67 bits per heavy atom. The van der Waals surface area contributed by atoms with Gasteiger partial charge in [-0.15, -0.1) is 0 Å².